The fourth-order valence-corrected chi connectivity index (χ4v) is 2.77. The normalized spacial score (nSPS) is 10.4. The third-order valence-electron chi connectivity index (χ3n) is 2.62. The summed E-state index contributed by atoms with van der Waals surface area (Å²) in [6, 6.07) is 2.75. The Morgan fingerprint density at radius 3 is 2.76 bits per heavy atom. The van der Waals surface area contributed by atoms with Crippen molar-refractivity contribution in [1.29, 1.82) is 0 Å². The first-order chi connectivity index (χ1) is 9.86. The molecule has 2 heterocycles. The lowest BCUT2D eigenvalue weighted by Gasteiger charge is -2.05. The molecule has 21 heavy (non-hydrogen) atoms. The Labute approximate surface area is 129 Å². The van der Waals surface area contributed by atoms with Crippen LogP contribution in [0.1, 0.15) is 22.3 Å². The van der Waals surface area contributed by atoms with E-state index in [-0.39, 0.29) is 17.9 Å². The molecule has 0 bridgehead atoms. The molecular weight excluding hydrogens is 314 g/mol. The van der Waals surface area contributed by atoms with Crippen molar-refractivity contribution in [3.05, 3.63) is 44.3 Å². The van der Waals surface area contributed by atoms with Gasteiger partial charge in [0.25, 0.3) is 5.56 Å². The van der Waals surface area contributed by atoms with Gasteiger partial charge in [0, 0.05) is 19.2 Å². The third-order valence-corrected chi connectivity index (χ3v) is 4.02. The lowest BCUT2D eigenvalue weighted by Crippen LogP contribution is -2.26. The zero-order valence-corrected chi connectivity index (χ0v) is 12.9. The summed E-state index contributed by atoms with van der Waals surface area (Å²) in [5, 5.41) is 3.26. The molecule has 0 radical (unpaired) electrons. The summed E-state index contributed by atoms with van der Waals surface area (Å²) in [6.07, 6.45) is 1.39. The number of aryl methyl sites for hydroxylation is 1. The van der Waals surface area contributed by atoms with Crippen molar-refractivity contribution in [2.24, 2.45) is 0 Å². The van der Waals surface area contributed by atoms with Crippen LogP contribution in [-0.2, 0) is 11.3 Å². The first-order valence-electron chi connectivity index (χ1n) is 6.01. The van der Waals surface area contributed by atoms with E-state index in [1.165, 1.54) is 29.8 Å². The van der Waals surface area contributed by atoms with Gasteiger partial charge in [-0.3, -0.25) is 14.4 Å². The molecule has 0 fully saturated rings. The maximum Gasteiger partial charge on any atom is 0.251 e. The summed E-state index contributed by atoms with van der Waals surface area (Å²) in [4.78, 5) is 39.4. The van der Waals surface area contributed by atoms with Gasteiger partial charge in [-0.15, -0.1) is 0 Å². The number of nitrogens with zero attached hydrogens (tertiary/aromatic N) is 2. The Balaban J connectivity index is 2.12. The molecule has 2 rings (SSSR count). The summed E-state index contributed by atoms with van der Waals surface area (Å²) in [6.45, 7) is 2.97. The lowest BCUT2D eigenvalue weighted by molar-refractivity contribution is -0.116. The van der Waals surface area contributed by atoms with E-state index < -0.39 is 5.91 Å². The SMILES string of the molecule is CC(=O)c1sc(NC(=O)Cn2cc(Cl)ccc2=O)nc1C. The van der Waals surface area contributed by atoms with Crippen LogP contribution in [0.4, 0.5) is 5.13 Å². The van der Waals surface area contributed by atoms with Crippen LogP contribution in [0.25, 0.3) is 0 Å². The molecule has 0 unspecified atom stereocenters. The number of carbonyl (C=O) groups is 2. The van der Waals surface area contributed by atoms with Crippen molar-refractivity contribution >= 4 is 39.8 Å². The van der Waals surface area contributed by atoms with Gasteiger partial charge in [-0.2, -0.15) is 0 Å². The zero-order chi connectivity index (χ0) is 15.6. The van der Waals surface area contributed by atoms with Gasteiger partial charge in [0.2, 0.25) is 5.91 Å². The number of halogens is 1. The fourth-order valence-electron chi connectivity index (χ4n) is 1.72. The second-order valence-electron chi connectivity index (χ2n) is 4.35. The molecule has 0 atom stereocenters. The van der Waals surface area contributed by atoms with Crippen LogP contribution in [0.15, 0.2) is 23.1 Å². The van der Waals surface area contributed by atoms with Crippen molar-refractivity contribution in [2.45, 2.75) is 20.4 Å². The van der Waals surface area contributed by atoms with Crippen LogP contribution in [0.3, 0.4) is 0 Å². The number of thiazole rings is 1. The number of carbonyl (C=O) groups excluding carboxylic acids is 2. The maximum atomic E-state index is 11.9. The molecule has 1 amide bonds. The van der Waals surface area contributed by atoms with Gasteiger partial charge in [0.1, 0.15) is 6.54 Å². The summed E-state index contributed by atoms with van der Waals surface area (Å²) < 4.78 is 1.20. The third kappa shape index (κ3) is 3.77. The Kier molecular flexibility index (Phi) is 4.54. The van der Waals surface area contributed by atoms with Gasteiger partial charge in [0.15, 0.2) is 10.9 Å². The van der Waals surface area contributed by atoms with E-state index in [0.29, 0.717) is 20.7 Å². The molecule has 6 nitrogen and oxygen atoms in total. The van der Waals surface area contributed by atoms with Crippen LogP contribution in [0.5, 0.6) is 0 Å². The number of Topliss-reactive ketones (excluding diaryl/α,β-unsaturated/α-hetero) is 1. The number of anilines is 1. The molecule has 110 valence electrons. The first kappa shape index (κ1) is 15.4. The van der Waals surface area contributed by atoms with Crippen molar-refractivity contribution in [3.63, 3.8) is 0 Å². The lowest BCUT2D eigenvalue weighted by atomic mass is 10.3. The van der Waals surface area contributed by atoms with E-state index in [4.69, 9.17) is 11.6 Å². The number of amides is 1. The molecule has 1 N–H and O–H groups in total. The highest BCUT2D eigenvalue weighted by Gasteiger charge is 2.13. The monoisotopic (exact) mass is 325 g/mol. The summed E-state index contributed by atoms with van der Waals surface area (Å²) >= 11 is 6.89. The highest BCUT2D eigenvalue weighted by atomic mass is 35.5. The zero-order valence-electron chi connectivity index (χ0n) is 11.3. The molecule has 0 aromatic carbocycles. The predicted molar refractivity (Wildman–Crippen MR) is 81.2 cm³/mol. The average molecular weight is 326 g/mol. The molecule has 2 aromatic heterocycles. The summed E-state index contributed by atoms with van der Waals surface area (Å²) in [7, 11) is 0. The van der Waals surface area contributed by atoms with Crippen molar-refractivity contribution in [3.8, 4) is 0 Å². The van der Waals surface area contributed by atoms with E-state index in [1.54, 1.807) is 6.92 Å². The van der Waals surface area contributed by atoms with E-state index in [1.807, 2.05) is 0 Å². The van der Waals surface area contributed by atoms with Gasteiger partial charge in [-0.05, 0) is 13.0 Å². The smallest absolute Gasteiger partial charge is 0.251 e. The number of aromatic nitrogens is 2. The Hall–Kier alpha value is -1.99. The first-order valence-corrected chi connectivity index (χ1v) is 7.20. The van der Waals surface area contributed by atoms with Crippen molar-refractivity contribution in [1.82, 2.24) is 9.55 Å². The van der Waals surface area contributed by atoms with Gasteiger partial charge in [0.05, 0.1) is 15.6 Å². The van der Waals surface area contributed by atoms with E-state index in [9.17, 15) is 14.4 Å². The van der Waals surface area contributed by atoms with Gasteiger partial charge < -0.3 is 9.88 Å². The van der Waals surface area contributed by atoms with Gasteiger partial charge in [-0.25, -0.2) is 4.98 Å². The van der Waals surface area contributed by atoms with Crippen LogP contribution < -0.4 is 10.9 Å². The number of hydrogen-bond donors (Lipinski definition) is 1. The Morgan fingerprint density at radius 2 is 2.14 bits per heavy atom. The highest BCUT2D eigenvalue weighted by Crippen LogP contribution is 2.22. The fraction of sp³-hybridized carbons (Fsp3) is 0.231. The molecule has 0 aliphatic rings. The van der Waals surface area contributed by atoms with Gasteiger partial charge >= 0.3 is 0 Å². The van der Waals surface area contributed by atoms with Crippen molar-refractivity contribution in [2.75, 3.05) is 5.32 Å². The van der Waals surface area contributed by atoms with Crippen molar-refractivity contribution < 1.29 is 9.59 Å². The van der Waals surface area contributed by atoms with E-state index in [2.05, 4.69) is 10.3 Å². The minimum Gasteiger partial charge on any atom is -0.305 e. The Morgan fingerprint density at radius 1 is 1.43 bits per heavy atom. The number of hydrogen-bond acceptors (Lipinski definition) is 5. The summed E-state index contributed by atoms with van der Waals surface area (Å²) in [5.41, 5.74) is 0.247. The minimum atomic E-state index is -0.414. The average Bonchev–Trinajstić information content (AvgIpc) is 2.74. The molecule has 2 aromatic rings. The quantitative estimate of drug-likeness (QED) is 0.873. The van der Waals surface area contributed by atoms with Crippen LogP contribution in [-0.4, -0.2) is 21.2 Å². The number of nitrogens with one attached hydrogen (secondary N) is 1. The second kappa shape index (κ2) is 6.19. The van der Waals surface area contributed by atoms with E-state index >= 15 is 0 Å². The van der Waals surface area contributed by atoms with Crippen LogP contribution >= 0.6 is 22.9 Å². The standard InChI is InChI=1S/C13H12ClN3O3S/c1-7-12(8(2)18)21-13(15-7)16-10(19)6-17-5-9(14)3-4-11(17)20/h3-5H,6H2,1-2H3,(H,15,16,19). The molecule has 0 saturated heterocycles. The highest BCUT2D eigenvalue weighted by molar-refractivity contribution is 7.17. The topological polar surface area (TPSA) is 81.1 Å². The van der Waals surface area contributed by atoms with E-state index in [0.717, 1.165) is 11.3 Å². The largest absolute Gasteiger partial charge is 0.305 e. The molecule has 0 spiro atoms. The van der Waals surface area contributed by atoms with Crippen LogP contribution in [0.2, 0.25) is 5.02 Å². The Bertz CT molecular complexity index is 766. The van der Waals surface area contributed by atoms with Gasteiger partial charge in [-0.1, -0.05) is 22.9 Å². The number of pyridine rings is 1. The summed E-state index contributed by atoms with van der Waals surface area (Å²) in [5.74, 6) is -0.514. The molecular formula is C13H12ClN3O3S. The molecule has 0 aliphatic carbocycles. The molecule has 0 aliphatic heterocycles. The molecule has 0 saturated carbocycles. The van der Waals surface area contributed by atoms with Crippen LogP contribution in [0, 0.1) is 6.92 Å². The molecule has 8 heteroatoms. The predicted octanol–water partition coefficient (Wildman–Crippen LogP) is 2.11. The maximum absolute atomic E-state index is 11.9. The number of rotatable bonds is 4. The minimum absolute atomic E-state index is 0.100. The number of ketones is 1. The second-order valence-corrected chi connectivity index (χ2v) is 5.79.